The number of benzene rings is 1. The maximum absolute atomic E-state index is 3.85. The van der Waals surface area contributed by atoms with Crippen molar-refractivity contribution in [3.05, 3.63) is 17.7 Å². The van der Waals surface area contributed by atoms with Gasteiger partial charge in [-0.1, -0.05) is 27.7 Å². The average molecular weight is 321 g/mol. The molecule has 0 saturated carbocycles. The zero-order valence-corrected chi connectivity index (χ0v) is 15.9. The third-order valence-electron chi connectivity index (χ3n) is 4.95. The van der Waals surface area contributed by atoms with E-state index in [1.165, 1.54) is 34.7 Å². The van der Waals surface area contributed by atoms with Crippen molar-refractivity contribution in [2.45, 2.75) is 83.2 Å². The molecule has 0 bridgehead atoms. The second-order valence-electron chi connectivity index (χ2n) is 6.97. The summed E-state index contributed by atoms with van der Waals surface area (Å²) in [5, 5.41) is 7.51. The molecule has 2 nitrogen and oxygen atoms in total. The number of anilines is 2. The van der Waals surface area contributed by atoms with Crippen LogP contribution >= 0.6 is 11.8 Å². The van der Waals surface area contributed by atoms with E-state index in [4.69, 9.17) is 0 Å². The molecular formula is C19H32N2S. The van der Waals surface area contributed by atoms with E-state index in [9.17, 15) is 0 Å². The van der Waals surface area contributed by atoms with Crippen LogP contribution in [0.15, 0.2) is 17.0 Å². The Balaban J connectivity index is 2.43. The second-order valence-corrected chi connectivity index (χ2v) is 8.28. The highest BCUT2D eigenvalue weighted by Gasteiger charge is 2.33. The van der Waals surface area contributed by atoms with E-state index in [1.807, 2.05) is 11.8 Å². The fourth-order valence-corrected chi connectivity index (χ4v) is 4.10. The Morgan fingerprint density at radius 3 is 2.68 bits per heavy atom. The van der Waals surface area contributed by atoms with Crippen LogP contribution in [0.2, 0.25) is 0 Å². The van der Waals surface area contributed by atoms with E-state index < -0.39 is 0 Å². The fraction of sp³-hybridized carbons (Fsp3) is 0.684. The van der Waals surface area contributed by atoms with Crippen molar-refractivity contribution in [2.24, 2.45) is 0 Å². The first-order valence-electron chi connectivity index (χ1n) is 8.77. The topological polar surface area (TPSA) is 24.1 Å². The lowest BCUT2D eigenvalue weighted by molar-refractivity contribution is 0.405. The average Bonchev–Trinajstić information content (AvgIpc) is 2.48. The monoisotopic (exact) mass is 320 g/mol. The van der Waals surface area contributed by atoms with E-state index in [0.29, 0.717) is 12.0 Å². The molecule has 0 spiro atoms. The zero-order valence-electron chi connectivity index (χ0n) is 15.0. The smallest absolute Gasteiger partial charge is 0.0519 e. The minimum absolute atomic E-state index is 0.223. The molecule has 22 heavy (non-hydrogen) atoms. The van der Waals surface area contributed by atoms with Crippen LogP contribution in [0, 0.1) is 0 Å². The number of hydrogen-bond acceptors (Lipinski definition) is 3. The van der Waals surface area contributed by atoms with Gasteiger partial charge in [0.2, 0.25) is 0 Å². The molecule has 0 aromatic heterocycles. The van der Waals surface area contributed by atoms with Gasteiger partial charge in [0.1, 0.15) is 0 Å². The Bertz CT molecular complexity index is 514. The molecular weight excluding hydrogens is 288 g/mol. The minimum atomic E-state index is 0.223. The van der Waals surface area contributed by atoms with Crippen LogP contribution < -0.4 is 10.6 Å². The first-order chi connectivity index (χ1) is 10.4. The molecule has 0 aliphatic carbocycles. The van der Waals surface area contributed by atoms with Gasteiger partial charge in [-0.15, -0.1) is 11.8 Å². The van der Waals surface area contributed by atoms with Crippen LogP contribution in [0.25, 0.3) is 0 Å². The molecule has 1 aliphatic rings. The third kappa shape index (κ3) is 3.73. The Kier molecular flexibility index (Phi) is 5.70. The molecule has 0 radical (unpaired) electrons. The third-order valence-corrected chi connectivity index (χ3v) is 5.87. The Labute approximate surface area is 140 Å². The van der Waals surface area contributed by atoms with E-state index >= 15 is 0 Å². The minimum Gasteiger partial charge on any atom is -0.383 e. The quantitative estimate of drug-likeness (QED) is 0.619. The number of hydrogen-bond donors (Lipinski definition) is 2. The number of fused-ring (bicyclic) bond motifs is 1. The van der Waals surface area contributed by atoms with Gasteiger partial charge in [0.15, 0.2) is 0 Å². The molecule has 1 aromatic carbocycles. The molecule has 3 unspecified atom stereocenters. The van der Waals surface area contributed by atoms with Crippen molar-refractivity contribution in [3.63, 3.8) is 0 Å². The van der Waals surface area contributed by atoms with Gasteiger partial charge in [0.25, 0.3) is 0 Å². The highest BCUT2D eigenvalue weighted by Crippen LogP contribution is 2.46. The predicted molar refractivity (Wildman–Crippen MR) is 102 cm³/mol. The molecule has 0 saturated heterocycles. The van der Waals surface area contributed by atoms with Crippen molar-refractivity contribution < 1.29 is 0 Å². The first-order valence-corrected chi connectivity index (χ1v) is 9.76. The van der Waals surface area contributed by atoms with Gasteiger partial charge in [-0.05, 0) is 62.5 Å². The van der Waals surface area contributed by atoms with Crippen molar-refractivity contribution in [1.29, 1.82) is 0 Å². The van der Waals surface area contributed by atoms with Crippen molar-refractivity contribution >= 4 is 23.1 Å². The molecule has 2 rings (SSSR count). The van der Waals surface area contributed by atoms with Crippen LogP contribution in [-0.4, -0.2) is 17.3 Å². The summed E-state index contributed by atoms with van der Waals surface area (Å²) in [6, 6.07) is 5.22. The second kappa shape index (κ2) is 7.16. The standard InChI is InChI=1S/C19H32N2S/c1-7-14(5)20-15-10-16-13(4)12-19(6,8-2)21-18(16)17(11-15)22-9-3/h10-11,13-14,20-21H,7-9,12H2,1-6H3. The molecule has 2 N–H and O–H groups in total. The van der Waals surface area contributed by atoms with Gasteiger partial charge in [-0.25, -0.2) is 0 Å². The van der Waals surface area contributed by atoms with Crippen LogP contribution in [0.3, 0.4) is 0 Å². The largest absolute Gasteiger partial charge is 0.383 e. The summed E-state index contributed by atoms with van der Waals surface area (Å²) in [6.07, 6.45) is 3.52. The maximum atomic E-state index is 3.85. The normalized spacial score (nSPS) is 25.3. The molecule has 1 aromatic rings. The molecule has 1 aliphatic heterocycles. The highest BCUT2D eigenvalue weighted by molar-refractivity contribution is 7.99. The Morgan fingerprint density at radius 1 is 1.36 bits per heavy atom. The van der Waals surface area contributed by atoms with Gasteiger partial charge in [-0.3, -0.25) is 0 Å². The van der Waals surface area contributed by atoms with Crippen LogP contribution in [0.4, 0.5) is 11.4 Å². The van der Waals surface area contributed by atoms with Crippen molar-refractivity contribution in [3.8, 4) is 0 Å². The van der Waals surface area contributed by atoms with E-state index in [-0.39, 0.29) is 5.54 Å². The van der Waals surface area contributed by atoms with Crippen molar-refractivity contribution in [2.75, 3.05) is 16.4 Å². The van der Waals surface area contributed by atoms with Crippen LogP contribution in [0.1, 0.15) is 72.3 Å². The summed E-state index contributed by atoms with van der Waals surface area (Å²) >= 11 is 1.95. The van der Waals surface area contributed by atoms with Gasteiger partial charge in [-0.2, -0.15) is 0 Å². The van der Waals surface area contributed by atoms with E-state index in [1.54, 1.807) is 0 Å². The summed E-state index contributed by atoms with van der Waals surface area (Å²) in [7, 11) is 0. The Hall–Kier alpha value is -0.830. The predicted octanol–water partition coefficient (Wildman–Crippen LogP) is 6.10. The number of rotatable bonds is 6. The van der Waals surface area contributed by atoms with Gasteiger partial charge in [0.05, 0.1) is 5.69 Å². The maximum Gasteiger partial charge on any atom is 0.0519 e. The highest BCUT2D eigenvalue weighted by atomic mass is 32.2. The SMILES string of the molecule is CCSc1cc(NC(C)CC)cc2c1NC(C)(CC)CC2C. The number of nitrogens with one attached hydrogen (secondary N) is 2. The van der Waals surface area contributed by atoms with Gasteiger partial charge in [0, 0.05) is 22.2 Å². The molecule has 3 atom stereocenters. The van der Waals surface area contributed by atoms with Crippen LogP contribution in [0.5, 0.6) is 0 Å². The summed E-state index contributed by atoms with van der Waals surface area (Å²) < 4.78 is 0. The Morgan fingerprint density at radius 2 is 2.09 bits per heavy atom. The first kappa shape index (κ1) is 17.5. The molecule has 0 fully saturated rings. The lowest BCUT2D eigenvalue weighted by Crippen LogP contribution is -2.39. The zero-order chi connectivity index (χ0) is 16.3. The lowest BCUT2D eigenvalue weighted by Gasteiger charge is -2.41. The van der Waals surface area contributed by atoms with E-state index in [0.717, 1.165) is 12.2 Å². The molecule has 1 heterocycles. The molecule has 0 amide bonds. The fourth-order valence-electron chi connectivity index (χ4n) is 3.27. The summed E-state index contributed by atoms with van der Waals surface area (Å²) in [5.74, 6) is 1.72. The summed E-state index contributed by atoms with van der Waals surface area (Å²) in [4.78, 5) is 1.40. The van der Waals surface area contributed by atoms with Crippen molar-refractivity contribution in [1.82, 2.24) is 0 Å². The van der Waals surface area contributed by atoms with Gasteiger partial charge < -0.3 is 10.6 Å². The van der Waals surface area contributed by atoms with Crippen LogP contribution in [-0.2, 0) is 0 Å². The summed E-state index contributed by atoms with van der Waals surface area (Å²) in [6.45, 7) is 13.7. The summed E-state index contributed by atoms with van der Waals surface area (Å²) in [5.41, 5.74) is 4.36. The van der Waals surface area contributed by atoms with E-state index in [2.05, 4.69) is 64.3 Å². The molecule has 124 valence electrons. The lowest BCUT2D eigenvalue weighted by atomic mass is 9.79. The molecule has 3 heteroatoms. The van der Waals surface area contributed by atoms with Gasteiger partial charge >= 0.3 is 0 Å². The number of thioether (sulfide) groups is 1.